The van der Waals surface area contributed by atoms with E-state index in [0.717, 1.165) is 11.3 Å². The summed E-state index contributed by atoms with van der Waals surface area (Å²) in [6.45, 7) is 0.306. The molecule has 2 aromatic carbocycles. The van der Waals surface area contributed by atoms with Crippen molar-refractivity contribution < 1.29 is 23.8 Å². The predicted molar refractivity (Wildman–Crippen MR) is 122 cm³/mol. The maximum absolute atomic E-state index is 13.1. The number of anilines is 1. The number of hydrogen-bond acceptors (Lipinski definition) is 7. The van der Waals surface area contributed by atoms with Crippen LogP contribution in [0.3, 0.4) is 0 Å². The number of carbonyl (C=O) groups excluding carboxylic acids is 2. The molecule has 1 unspecified atom stereocenters. The fourth-order valence-electron chi connectivity index (χ4n) is 4.18. The highest BCUT2D eigenvalue weighted by Crippen LogP contribution is 2.33. The molecule has 1 atom stereocenters. The van der Waals surface area contributed by atoms with Crippen molar-refractivity contribution in [1.82, 2.24) is 9.55 Å². The van der Waals surface area contributed by atoms with Crippen LogP contribution < -0.4 is 19.9 Å². The van der Waals surface area contributed by atoms with Gasteiger partial charge >= 0.3 is 5.97 Å². The van der Waals surface area contributed by atoms with E-state index in [1.807, 2.05) is 24.3 Å². The highest BCUT2D eigenvalue weighted by Gasteiger charge is 2.38. The Labute approximate surface area is 190 Å². The molecule has 1 aromatic heterocycles. The van der Waals surface area contributed by atoms with Gasteiger partial charge in [-0.05, 0) is 24.1 Å². The fourth-order valence-corrected chi connectivity index (χ4v) is 4.18. The molecule has 9 nitrogen and oxygen atoms in total. The van der Waals surface area contributed by atoms with Crippen molar-refractivity contribution in [2.24, 2.45) is 0 Å². The number of amides is 1. The Kier molecular flexibility index (Phi) is 6.30. The van der Waals surface area contributed by atoms with Crippen molar-refractivity contribution in [2.75, 3.05) is 26.2 Å². The van der Waals surface area contributed by atoms with Gasteiger partial charge in [0.1, 0.15) is 6.04 Å². The standard InChI is InChI=1S/C24H25N3O6/c1-31-20-12-16-17(13-21(20)32-2)25-14-26(23(16)29)10-6-9-22(28)27-18-8-5-4-7-15(18)11-19(27)24(30)33-3/h4-5,7-8,12-14,19H,6,9-11H2,1-3H3. The SMILES string of the molecule is COC(=O)C1Cc2ccccc2N1C(=O)CCCn1cnc2cc(OC)c(OC)cc2c1=O. The zero-order valence-corrected chi connectivity index (χ0v) is 18.7. The van der Waals surface area contributed by atoms with E-state index < -0.39 is 12.0 Å². The second-order valence-electron chi connectivity index (χ2n) is 7.71. The third-order valence-electron chi connectivity index (χ3n) is 5.84. The van der Waals surface area contributed by atoms with Gasteiger partial charge in [0.25, 0.3) is 5.56 Å². The lowest BCUT2D eigenvalue weighted by Gasteiger charge is -2.23. The Balaban J connectivity index is 1.51. The first kappa shape index (κ1) is 22.3. The Bertz CT molecular complexity index is 1270. The van der Waals surface area contributed by atoms with Crippen molar-refractivity contribution in [3.05, 3.63) is 58.6 Å². The van der Waals surface area contributed by atoms with Crippen molar-refractivity contribution >= 4 is 28.5 Å². The van der Waals surface area contributed by atoms with E-state index in [4.69, 9.17) is 14.2 Å². The first-order valence-corrected chi connectivity index (χ1v) is 10.6. The van der Waals surface area contributed by atoms with Crippen molar-refractivity contribution in [2.45, 2.75) is 31.8 Å². The van der Waals surface area contributed by atoms with Gasteiger partial charge in [0.2, 0.25) is 5.91 Å². The van der Waals surface area contributed by atoms with Crippen LogP contribution in [0.2, 0.25) is 0 Å². The second-order valence-corrected chi connectivity index (χ2v) is 7.71. The molecule has 0 saturated heterocycles. The Morgan fingerprint density at radius 3 is 2.55 bits per heavy atom. The monoisotopic (exact) mass is 451 g/mol. The van der Waals surface area contributed by atoms with Crippen LogP contribution in [0.15, 0.2) is 47.5 Å². The predicted octanol–water partition coefficient (Wildman–Crippen LogP) is 2.32. The number of para-hydroxylation sites is 1. The molecule has 0 saturated carbocycles. The maximum atomic E-state index is 13.1. The number of fused-ring (bicyclic) bond motifs is 2. The van der Waals surface area contributed by atoms with Gasteiger partial charge in [-0.25, -0.2) is 9.78 Å². The van der Waals surface area contributed by atoms with Gasteiger partial charge in [-0.2, -0.15) is 0 Å². The third-order valence-corrected chi connectivity index (χ3v) is 5.84. The molecular weight excluding hydrogens is 426 g/mol. The van der Waals surface area contributed by atoms with Gasteiger partial charge in [0.05, 0.1) is 38.6 Å². The number of aromatic nitrogens is 2. The number of esters is 1. The van der Waals surface area contributed by atoms with E-state index in [0.29, 0.717) is 41.8 Å². The highest BCUT2D eigenvalue weighted by atomic mass is 16.5. The van der Waals surface area contributed by atoms with Gasteiger partial charge in [-0.3, -0.25) is 19.1 Å². The van der Waals surface area contributed by atoms with Gasteiger partial charge in [0, 0.05) is 31.1 Å². The van der Waals surface area contributed by atoms with Gasteiger partial charge < -0.3 is 14.2 Å². The van der Waals surface area contributed by atoms with E-state index in [9.17, 15) is 14.4 Å². The molecule has 0 aliphatic carbocycles. The van der Waals surface area contributed by atoms with Crippen LogP contribution in [-0.2, 0) is 27.3 Å². The minimum absolute atomic E-state index is 0.165. The van der Waals surface area contributed by atoms with Crippen LogP contribution in [0.4, 0.5) is 5.69 Å². The van der Waals surface area contributed by atoms with Gasteiger partial charge in [0.15, 0.2) is 11.5 Å². The number of benzene rings is 2. The summed E-state index contributed by atoms with van der Waals surface area (Å²) >= 11 is 0. The lowest BCUT2D eigenvalue weighted by atomic mass is 10.1. The summed E-state index contributed by atoms with van der Waals surface area (Å²) in [4.78, 5) is 44.1. The summed E-state index contributed by atoms with van der Waals surface area (Å²) in [6.07, 6.45) is 2.46. The minimum Gasteiger partial charge on any atom is -0.493 e. The number of methoxy groups -OCH3 is 3. The smallest absolute Gasteiger partial charge is 0.329 e. The number of nitrogens with zero attached hydrogens (tertiary/aromatic N) is 3. The van der Waals surface area contributed by atoms with Crippen molar-refractivity contribution in [3.8, 4) is 11.5 Å². The van der Waals surface area contributed by atoms with Crippen molar-refractivity contribution in [3.63, 3.8) is 0 Å². The van der Waals surface area contributed by atoms with E-state index in [-0.39, 0.29) is 17.9 Å². The summed E-state index contributed by atoms with van der Waals surface area (Å²) in [5.41, 5.74) is 1.93. The van der Waals surface area contributed by atoms with E-state index >= 15 is 0 Å². The van der Waals surface area contributed by atoms with Crippen LogP contribution in [-0.4, -0.2) is 48.8 Å². The Morgan fingerprint density at radius 1 is 1.09 bits per heavy atom. The third kappa shape index (κ3) is 4.13. The van der Waals surface area contributed by atoms with E-state index in [1.54, 1.807) is 12.1 Å². The summed E-state index contributed by atoms with van der Waals surface area (Å²) in [7, 11) is 4.34. The topological polar surface area (TPSA) is 100.0 Å². The number of ether oxygens (including phenoxy) is 3. The number of rotatable bonds is 7. The van der Waals surface area contributed by atoms with Crippen LogP contribution in [0, 0.1) is 0 Å². The first-order valence-electron chi connectivity index (χ1n) is 10.6. The van der Waals surface area contributed by atoms with Crippen LogP contribution in [0.25, 0.3) is 10.9 Å². The summed E-state index contributed by atoms with van der Waals surface area (Å²) < 4.78 is 16.9. The molecule has 4 rings (SSSR count). The molecule has 0 N–H and O–H groups in total. The molecule has 9 heteroatoms. The molecule has 1 aliphatic heterocycles. The normalized spacial score (nSPS) is 14.8. The highest BCUT2D eigenvalue weighted by molar-refractivity contribution is 6.02. The molecule has 0 fully saturated rings. The molecule has 3 aromatic rings. The Morgan fingerprint density at radius 2 is 1.82 bits per heavy atom. The van der Waals surface area contributed by atoms with Crippen molar-refractivity contribution in [1.29, 1.82) is 0 Å². The molecule has 33 heavy (non-hydrogen) atoms. The average Bonchev–Trinajstić information content (AvgIpc) is 3.24. The number of carbonyl (C=O) groups is 2. The van der Waals surface area contributed by atoms with E-state index in [2.05, 4.69) is 4.98 Å². The molecule has 1 aliphatic rings. The summed E-state index contributed by atoms with van der Waals surface area (Å²) in [6, 6.07) is 10.0. The second kappa shape index (κ2) is 9.32. The first-order chi connectivity index (χ1) is 16.0. The van der Waals surface area contributed by atoms with E-state index in [1.165, 1.54) is 37.1 Å². The molecule has 0 bridgehead atoms. The van der Waals surface area contributed by atoms with Crippen LogP contribution in [0.1, 0.15) is 18.4 Å². The average molecular weight is 451 g/mol. The number of hydrogen-bond donors (Lipinski definition) is 0. The molecule has 172 valence electrons. The van der Waals surface area contributed by atoms with Gasteiger partial charge in [-0.1, -0.05) is 18.2 Å². The van der Waals surface area contributed by atoms with Gasteiger partial charge in [-0.15, -0.1) is 0 Å². The van der Waals surface area contributed by atoms with Crippen LogP contribution in [0.5, 0.6) is 11.5 Å². The molecule has 0 radical (unpaired) electrons. The zero-order chi connectivity index (χ0) is 23.5. The summed E-state index contributed by atoms with van der Waals surface area (Å²) in [5.74, 6) is 0.298. The molecule has 0 spiro atoms. The van der Waals surface area contributed by atoms with Crippen LogP contribution >= 0.6 is 0 Å². The maximum Gasteiger partial charge on any atom is 0.329 e. The lowest BCUT2D eigenvalue weighted by Crippen LogP contribution is -2.43. The molecule has 1 amide bonds. The minimum atomic E-state index is -0.674. The fraction of sp³-hybridized carbons (Fsp3) is 0.333. The Hall–Kier alpha value is -3.88. The largest absolute Gasteiger partial charge is 0.493 e. The molecular formula is C24H25N3O6. The molecule has 2 heterocycles. The lowest BCUT2D eigenvalue weighted by molar-refractivity contribution is -0.143. The quantitative estimate of drug-likeness (QED) is 0.508. The number of aryl methyl sites for hydroxylation is 1. The zero-order valence-electron chi connectivity index (χ0n) is 18.7. The summed E-state index contributed by atoms with van der Waals surface area (Å²) in [5, 5.41) is 0.403.